The van der Waals surface area contributed by atoms with E-state index < -0.39 is 24.0 Å². The molecule has 2 aromatic heterocycles. The van der Waals surface area contributed by atoms with Gasteiger partial charge in [-0.3, -0.25) is 0 Å². The largest absolute Gasteiger partial charge is 0.391 e. The fourth-order valence-electron chi connectivity index (χ4n) is 2.57. The molecule has 4 nitrogen and oxygen atoms in total. The molecule has 0 aliphatic rings. The fourth-order valence-corrected chi connectivity index (χ4v) is 2.72. The van der Waals surface area contributed by atoms with Crippen LogP contribution < -0.4 is 0 Å². The second kappa shape index (κ2) is 5.51. The molecule has 2 rings (SSSR count). The molecule has 0 saturated heterocycles. The highest BCUT2D eigenvalue weighted by atomic mass is 35.5. The van der Waals surface area contributed by atoms with Gasteiger partial charge in [-0.05, 0) is 27.7 Å². The lowest BCUT2D eigenvalue weighted by atomic mass is 10.2. The maximum Gasteiger partial charge on any atom is 0.391 e. The van der Waals surface area contributed by atoms with Crippen molar-refractivity contribution in [3.8, 4) is 0 Å². The first kappa shape index (κ1) is 16.1. The predicted molar refractivity (Wildman–Crippen MR) is 75.6 cm³/mol. The van der Waals surface area contributed by atoms with Gasteiger partial charge in [0.25, 0.3) is 0 Å². The van der Waals surface area contributed by atoms with Crippen LogP contribution in [0, 0.1) is 6.92 Å². The van der Waals surface area contributed by atoms with Crippen LogP contribution in [-0.4, -0.2) is 25.5 Å². The van der Waals surface area contributed by atoms with E-state index in [1.807, 2.05) is 6.92 Å². The molecule has 0 N–H and O–H groups in total. The standard InChI is InChI=1S/C13H18ClF3N4/c1-5-20-12-10(9(4)19-20)18-11(8(3)14)21(12)7(2)6-13(15,16)17/h7-8H,5-6H2,1-4H3. The number of halogens is 4. The van der Waals surface area contributed by atoms with Crippen molar-refractivity contribution in [2.24, 2.45) is 0 Å². The molecule has 0 radical (unpaired) electrons. The van der Waals surface area contributed by atoms with Gasteiger partial charge in [0.2, 0.25) is 0 Å². The molecule has 0 amide bonds. The number of fused-ring (bicyclic) bond motifs is 1. The molecule has 0 bridgehead atoms. The molecule has 0 aliphatic carbocycles. The van der Waals surface area contributed by atoms with Crippen LogP contribution in [0.2, 0.25) is 0 Å². The Bertz CT molecular complexity index is 642. The molecule has 2 atom stereocenters. The van der Waals surface area contributed by atoms with Gasteiger partial charge in [-0.1, -0.05) is 0 Å². The van der Waals surface area contributed by atoms with Gasteiger partial charge in [0.05, 0.1) is 17.5 Å². The molecule has 2 unspecified atom stereocenters. The van der Waals surface area contributed by atoms with Crippen molar-refractivity contribution in [3.05, 3.63) is 11.5 Å². The van der Waals surface area contributed by atoms with E-state index in [0.29, 0.717) is 29.2 Å². The number of aryl methyl sites for hydroxylation is 2. The molecular weight excluding hydrogens is 305 g/mol. The number of nitrogens with zero attached hydrogens (tertiary/aromatic N) is 4. The third kappa shape index (κ3) is 3.02. The summed E-state index contributed by atoms with van der Waals surface area (Å²) in [5.74, 6) is 0.450. The Labute approximate surface area is 125 Å². The van der Waals surface area contributed by atoms with Gasteiger partial charge in [-0.2, -0.15) is 18.3 Å². The normalized spacial score (nSPS) is 15.6. The van der Waals surface area contributed by atoms with Crippen LogP contribution in [0.25, 0.3) is 11.2 Å². The maximum absolute atomic E-state index is 12.7. The Morgan fingerprint density at radius 1 is 1.29 bits per heavy atom. The number of hydrogen-bond acceptors (Lipinski definition) is 2. The van der Waals surface area contributed by atoms with E-state index in [0.717, 1.165) is 0 Å². The van der Waals surface area contributed by atoms with Crippen LogP contribution in [-0.2, 0) is 6.54 Å². The number of imidazole rings is 1. The Hall–Kier alpha value is -1.24. The van der Waals surface area contributed by atoms with Gasteiger partial charge in [-0.15, -0.1) is 11.6 Å². The lowest BCUT2D eigenvalue weighted by Gasteiger charge is -2.20. The minimum absolute atomic E-state index is 0.450. The van der Waals surface area contributed by atoms with Gasteiger partial charge in [0, 0.05) is 12.6 Å². The van der Waals surface area contributed by atoms with Crippen molar-refractivity contribution in [2.45, 2.75) is 58.3 Å². The first-order valence-corrected chi connectivity index (χ1v) is 7.25. The first-order chi connectivity index (χ1) is 9.65. The monoisotopic (exact) mass is 322 g/mol. The summed E-state index contributed by atoms with van der Waals surface area (Å²) >= 11 is 6.11. The number of rotatable bonds is 4. The smallest absolute Gasteiger partial charge is 0.308 e. The van der Waals surface area contributed by atoms with E-state index in [1.54, 1.807) is 23.1 Å². The second-order valence-corrected chi connectivity index (χ2v) is 5.85. The van der Waals surface area contributed by atoms with E-state index in [2.05, 4.69) is 10.1 Å². The SMILES string of the molecule is CCn1nc(C)c2nc(C(C)Cl)n(C(C)CC(F)(F)F)c21. The number of hydrogen-bond donors (Lipinski definition) is 0. The molecule has 0 aromatic carbocycles. The second-order valence-electron chi connectivity index (χ2n) is 5.20. The van der Waals surface area contributed by atoms with E-state index in [-0.39, 0.29) is 0 Å². The zero-order chi connectivity index (χ0) is 15.9. The first-order valence-electron chi connectivity index (χ1n) is 6.81. The molecule has 21 heavy (non-hydrogen) atoms. The summed E-state index contributed by atoms with van der Waals surface area (Å²) in [7, 11) is 0. The van der Waals surface area contributed by atoms with Crippen molar-refractivity contribution in [2.75, 3.05) is 0 Å². The summed E-state index contributed by atoms with van der Waals surface area (Å²) in [5.41, 5.74) is 1.92. The quantitative estimate of drug-likeness (QED) is 0.783. The van der Waals surface area contributed by atoms with Gasteiger partial charge >= 0.3 is 6.18 Å². The Morgan fingerprint density at radius 2 is 1.90 bits per heavy atom. The summed E-state index contributed by atoms with van der Waals surface area (Å²) in [6, 6.07) is -0.785. The minimum Gasteiger partial charge on any atom is -0.308 e. The molecule has 0 saturated carbocycles. The fraction of sp³-hybridized carbons (Fsp3) is 0.692. The third-order valence-corrected chi connectivity index (χ3v) is 3.59. The summed E-state index contributed by atoms with van der Waals surface area (Å²) in [6.07, 6.45) is -5.17. The summed E-state index contributed by atoms with van der Waals surface area (Å²) in [5, 5.41) is 3.84. The Balaban J connectivity index is 2.65. The highest BCUT2D eigenvalue weighted by molar-refractivity contribution is 6.20. The summed E-state index contributed by atoms with van der Waals surface area (Å²) < 4.78 is 41.4. The van der Waals surface area contributed by atoms with Crippen LogP contribution >= 0.6 is 11.6 Å². The lowest BCUT2D eigenvalue weighted by molar-refractivity contribution is -0.141. The van der Waals surface area contributed by atoms with Gasteiger partial charge in [-0.25, -0.2) is 9.67 Å². The highest BCUT2D eigenvalue weighted by Crippen LogP contribution is 2.34. The van der Waals surface area contributed by atoms with E-state index in [9.17, 15) is 13.2 Å². The summed E-state index contributed by atoms with van der Waals surface area (Å²) in [6.45, 7) is 7.48. The van der Waals surface area contributed by atoms with Crippen LogP contribution in [0.1, 0.15) is 50.1 Å². The zero-order valence-corrected chi connectivity index (χ0v) is 13.1. The molecular formula is C13H18ClF3N4. The van der Waals surface area contributed by atoms with Crippen molar-refractivity contribution >= 4 is 22.8 Å². The molecule has 0 spiro atoms. The molecule has 2 heterocycles. The van der Waals surface area contributed by atoms with Crippen molar-refractivity contribution < 1.29 is 13.2 Å². The summed E-state index contributed by atoms with van der Waals surface area (Å²) in [4.78, 5) is 4.41. The minimum atomic E-state index is -4.24. The van der Waals surface area contributed by atoms with E-state index in [1.165, 1.54) is 6.92 Å². The van der Waals surface area contributed by atoms with Gasteiger partial charge in [0.15, 0.2) is 5.65 Å². The predicted octanol–water partition coefficient (Wildman–Crippen LogP) is 4.37. The highest BCUT2D eigenvalue weighted by Gasteiger charge is 2.33. The Morgan fingerprint density at radius 3 is 2.38 bits per heavy atom. The average Bonchev–Trinajstić information content (AvgIpc) is 2.85. The van der Waals surface area contributed by atoms with Crippen LogP contribution in [0.5, 0.6) is 0 Å². The van der Waals surface area contributed by atoms with Crippen LogP contribution in [0.15, 0.2) is 0 Å². The topological polar surface area (TPSA) is 35.6 Å². The van der Waals surface area contributed by atoms with E-state index >= 15 is 0 Å². The van der Waals surface area contributed by atoms with Crippen LogP contribution in [0.3, 0.4) is 0 Å². The maximum atomic E-state index is 12.7. The molecule has 2 aromatic rings. The zero-order valence-electron chi connectivity index (χ0n) is 12.4. The number of aromatic nitrogens is 4. The van der Waals surface area contributed by atoms with Crippen molar-refractivity contribution in [1.29, 1.82) is 0 Å². The van der Waals surface area contributed by atoms with Crippen molar-refractivity contribution in [1.82, 2.24) is 19.3 Å². The molecule has 0 aliphatic heterocycles. The third-order valence-electron chi connectivity index (χ3n) is 3.39. The lowest BCUT2D eigenvalue weighted by Crippen LogP contribution is -2.20. The average molecular weight is 323 g/mol. The molecule has 0 fully saturated rings. The van der Waals surface area contributed by atoms with Gasteiger partial charge in [0.1, 0.15) is 11.3 Å². The van der Waals surface area contributed by atoms with Crippen LogP contribution in [0.4, 0.5) is 13.2 Å². The van der Waals surface area contributed by atoms with Gasteiger partial charge < -0.3 is 4.57 Å². The number of alkyl halides is 4. The Kier molecular flexibility index (Phi) is 4.24. The van der Waals surface area contributed by atoms with Crippen molar-refractivity contribution in [3.63, 3.8) is 0 Å². The molecule has 8 heteroatoms. The van der Waals surface area contributed by atoms with E-state index in [4.69, 9.17) is 11.6 Å². The molecule has 118 valence electrons.